The Bertz CT molecular complexity index is 191. The summed E-state index contributed by atoms with van der Waals surface area (Å²) in [5.41, 5.74) is 0. The Morgan fingerprint density at radius 3 is 2.80 bits per heavy atom. The van der Waals surface area contributed by atoms with Crippen molar-refractivity contribution in [2.24, 2.45) is 5.92 Å². The number of carbonyl (C=O) groups is 1. The van der Waals surface area contributed by atoms with Crippen molar-refractivity contribution in [1.29, 1.82) is 0 Å². The van der Waals surface area contributed by atoms with Gasteiger partial charge in [0.15, 0.2) is 0 Å². The number of carbonyl (C=O) groups excluding carboxylic acids is 1. The Morgan fingerprint density at radius 2 is 2.20 bits per heavy atom. The molecule has 0 unspecified atom stereocenters. The maximum absolute atomic E-state index is 11.1. The third-order valence-electron chi connectivity index (χ3n) is 1.65. The van der Waals surface area contributed by atoms with Gasteiger partial charge in [-0.05, 0) is 19.3 Å². The summed E-state index contributed by atoms with van der Waals surface area (Å²) in [5.74, 6) is 0.447. The molecule has 2 amide bonds. The normalized spacial score (nSPS) is 10.9. The Balaban J connectivity index is 3.33. The van der Waals surface area contributed by atoms with E-state index in [-0.39, 0.29) is 6.03 Å². The zero-order valence-electron chi connectivity index (χ0n) is 9.88. The first-order valence-electron chi connectivity index (χ1n) is 5.45. The van der Waals surface area contributed by atoms with E-state index in [0.29, 0.717) is 19.1 Å². The number of hydrogen-bond acceptors (Lipinski definition) is 2. The van der Waals surface area contributed by atoms with Crippen LogP contribution in [0.15, 0.2) is 12.3 Å². The van der Waals surface area contributed by atoms with Crippen molar-refractivity contribution >= 4 is 6.03 Å². The van der Waals surface area contributed by atoms with E-state index in [1.807, 2.05) is 13.0 Å². The monoisotopic (exact) mass is 214 g/mol. The van der Waals surface area contributed by atoms with Gasteiger partial charge in [0.1, 0.15) is 0 Å². The van der Waals surface area contributed by atoms with Crippen LogP contribution in [0.5, 0.6) is 0 Å². The van der Waals surface area contributed by atoms with Gasteiger partial charge >= 0.3 is 6.03 Å². The standard InChI is InChI=1S/C11H22N2O2/c1-4-15-9-5-7-12-11(14)13-8-6-10(2)3/h6,8,10H,4-5,7,9H2,1-3H3,(H2,12,13,14)/b8-6+. The molecule has 0 saturated carbocycles. The van der Waals surface area contributed by atoms with Crippen LogP contribution in [0.2, 0.25) is 0 Å². The third-order valence-corrected chi connectivity index (χ3v) is 1.65. The van der Waals surface area contributed by atoms with E-state index in [4.69, 9.17) is 4.74 Å². The molecule has 0 aliphatic carbocycles. The van der Waals surface area contributed by atoms with Crippen LogP contribution in [-0.2, 0) is 4.74 Å². The van der Waals surface area contributed by atoms with Crippen molar-refractivity contribution in [3.05, 3.63) is 12.3 Å². The predicted molar refractivity (Wildman–Crippen MR) is 61.6 cm³/mol. The Kier molecular flexibility index (Phi) is 8.87. The molecular weight excluding hydrogens is 192 g/mol. The Labute approximate surface area is 92.1 Å². The second-order valence-electron chi connectivity index (χ2n) is 3.55. The lowest BCUT2D eigenvalue weighted by Gasteiger charge is -2.04. The highest BCUT2D eigenvalue weighted by molar-refractivity contribution is 5.74. The molecule has 15 heavy (non-hydrogen) atoms. The molecule has 0 aliphatic heterocycles. The number of rotatable bonds is 7. The molecule has 0 radical (unpaired) electrons. The number of amides is 2. The van der Waals surface area contributed by atoms with Gasteiger partial charge < -0.3 is 15.4 Å². The minimum atomic E-state index is -0.164. The van der Waals surface area contributed by atoms with Crippen molar-refractivity contribution in [3.8, 4) is 0 Å². The highest BCUT2D eigenvalue weighted by Gasteiger charge is 1.95. The fourth-order valence-electron chi connectivity index (χ4n) is 0.888. The zero-order valence-corrected chi connectivity index (χ0v) is 9.88. The number of allylic oxidation sites excluding steroid dienone is 1. The second-order valence-corrected chi connectivity index (χ2v) is 3.55. The van der Waals surface area contributed by atoms with Gasteiger partial charge in [0.05, 0.1) is 0 Å². The highest BCUT2D eigenvalue weighted by Crippen LogP contribution is 1.90. The van der Waals surface area contributed by atoms with Gasteiger partial charge in [0.2, 0.25) is 0 Å². The topological polar surface area (TPSA) is 50.4 Å². The average molecular weight is 214 g/mol. The quantitative estimate of drug-likeness (QED) is 0.636. The van der Waals surface area contributed by atoms with Gasteiger partial charge in [-0.1, -0.05) is 19.9 Å². The summed E-state index contributed by atoms with van der Waals surface area (Å²) in [4.78, 5) is 11.1. The van der Waals surface area contributed by atoms with Crippen LogP contribution in [-0.4, -0.2) is 25.8 Å². The molecule has 0 atom stereocenters. The third kappa shape index (κ3) is 10.9. The summed E-state index contributed by atoms with van der Waals surface area (Å²) in [6.45, 7) is 8.12. The van der Waals surface area contributed by atoms with Gasteiger partial charge in [0, 0.05) is 26.0 Å². The van der Waals surface area contributed by atoms with Crippen LogP contribution in [0.3, 0.4) is 0 Å². The van der Waals surface area contributed by atoms with E-state index < -0.39 is 0 Å². The summed E-state index contributed by atoms with van der Waals surface area (Å²) >= 11 is 0. The smallest absolute Gasteiger partial charge is 0.318 e. The van der Waals surface area contributed by atoms with E-state index in [0.717, 1.165) is 13.0 Å². The molecule has 0 spiro atoms. The fourth-order valence-corrected chi connectivity index (χ4v) is 0.888. The molecule has 0 aromatic rings. The maximum atomic E-state index is 11.1. The molecule has 0 fully saturated rings. The molecule has 0 saturated heterocycles. The Hall–Kier alpha value is -1.03. The molecule has 4 nitrogen and oxygen atoms in total. The summed E-state index contributed by atoms with van der Waals surface area (Å²) in [7, 11) is 0. The number of hydrogen-bond donors (Lipinski definition) is 2. The second kappa shape index (κ2) is 9.52. The fraction of sp³-hybridized carbons (Fsp3) is 0.727. The molecule has 2 N–H and O–H groups in total. The summed E-state index contributed by atoms with van der Waals surface area (Å²) in [6, 6.07) is -0.164. The minimum absolute atomic E-state index is 0.164. The highest BCUT2D eigenvalue weighted by atomic mass is 16.5. The molecule has 4 heteroatoms. The first kappa shape index (κ1) is 14.0. The summed E-state index contributed by atoms with van der Waals surface area (Å²) in [6.07, 6.45) is 4.44. The molecule has 0 aromatic carbocycles. The van der Waals surface area contributed by atoms with Crippen molar-refractivity contribution < 1.29 is 9.53 Å². The molecule has 0 bridgehead atoms. The lowest BCUT2D eigenvalue weighted by Crippen LogP contribution is -2.33. The van der Waals surface area contributed by atoms with Crippen LogP contribution in [0.1, 0.15) is 27.2 Å². The first-order valence-corrected chi connectivity index (χ1v) is 5.45. The van der Waals surface area contributed by atoms with Gasteiger partial charge in [-0.25, -0.2) is 4.79 Å². The van der Waals surface area contributed by atoms with E-state index in [1.54, 1.807) is 6.20 Å². The van der Waals surface area contributed by atoms with E-state index in [1.165, 1.54) is 0 Å². The van der Waals surface area contributed by atoms with E-state index in [2.05, 4.69) is 24.5 Å². The van der Waals surface area contributed by atoms with Crippen LogP contribution in [0, 0.1) is 5.92 Å². The summed E-state index contributed by atoms with van der Waals surface area (Å²) in [5, 5.41) is 5.37. The van der Waals surface area contributed by atoms with Gasteiger partial charge in [0.25, 0.3) is 0 Å². The lowest BCUT2D eigenvalue weighted by atomic mass is 10.2. The number of urea groups is 1. The van der Waals surface area contributed by atoms with E-state index >= 15 is 0 Å². The van der Waals surface area contributed by atoms with Crippen LogP contribution >= 0.6 is 0 Å². The molecule has 0 heterocycles. The molecule has 0 aromatic heterocycles. The van der Waals surface area contributed by atoms with Crippen molar-refractivity contribution in [2.45, 2.75) is 27.2 Å². The largest absolute Gasteiger partial charge is 0.382 e. The zero-order chi connectivity index (χ0) is 11.5. The average Bonchev–Trinajstić information content (AvgIpc) is 2.17. The minimum Gasteiger partial charge on any atom is -0.382 e. The molecular formula is C11H22N2O2. The van der Waals surface area contributed by atoms with Gasteiger partial charge in [-0.2, -0.15) is 0 Å². The first-order chi connectivity index (χ1) is 7.16. The van der Waals surface area contributed by atoms with Crippen LogP contribution in [0.4, 0.5) is 4.79 Å². The number of nitrogens with one attached hydrogen (secondary N) is 2. The van der Waals surface area contributed by atoms with Gasteiger partial charge in [-0.15, -0.1) is 0 Å². The van der Waals surface area contributed by atoms with Gasteiger partial charge in [-0.3, -0.25) is 0 Å². The predicted octanol–water partition coefficient (Wildman–Crippen LogP) is 1.88. The lowest BCUT2D eigenvalue weighted by molar-refractivity contribution is 0.145. The van der Waals surface area contributed by atoms with E-state index in [9.17, 15) is 4.79 Å². The summed E-state index contributed by atoms with van der Waals surface area (Å²) < 4.78 is 5.14. The maximum Gasteiger partial charge on any atom is 0.318 e. The van der Waals surface area contributed by atoms with Crippen molar-refractivity contribution in [2.75, 3.05) is 19.8 Å². The SMILES string of the molecule is CCOCCCNC(=O)N/C=C/C(C)C. The van der Waals surface area contributed by atoms with Crippen LogP contribution in [0.25, 0.3) is 0 Å². The molecule has 88 valence electrons. The molecule has 0 rings (SSSR count). The number of ether oxygens (including phenoxy) is 1. The van der Waals surface area contributed by atoms with Crippen molar-refractivity contribution in [3.63, 3.8) is 0 Å². The van der Waals surface area contributed by atoms with Crippen molar-refractivity contribution in [1.82, 2.24) is 10.6 Å². The Morgan fingerprint density at radius 1 is 1.47 bits per heavy atom. The van der Waals surface area contributed by atoms with Crippen LogP contribution < -0.4 is 10.6 Å². The molecule has 0 aliphatic rings.